The van der Waals surface area contributed by atoms with Gasteiger partial charge >= 0.3 is 0 Å². The van der Waals surface area contributed by atoms with E-state index in [0.29, 0.717) is 12.5 Å². The molecule has 1 unspecified atom stereocenters. The van der Waals surface area contributed by atoms with E-state index in [2.05, 4.69) is 18.6 Å². The highest BCUT2D eigenvalue weighted by molar-refractivity contribution is 7.89. The maximum atomic E-state index is 12.2. The summed E-state index contributed by atoms with van der Waals surface area (Å²) in [5.41, 5.74) is -0.0254. The van der Waals surface area contributed by atoms with Gasteiger partial charge in [0.1, 0.15) is 0 Å². The third-order valence-electron chi connectivity index (χ3n) is 3.16. The summed E-state index contributed by atoms with van der Waals surface area (Å²) in [4.78, 5) is 2.03. The molecule has 0 aliphatic rings. The number of rotatable bonds is 7. The number of sulfonamides is 1. The van der Waals surface area contributed by atoms with E-state index in [-0.39, 0.29) is 11.4 Å². The highest BCUT2D eigenvalue weighted by Gasteiger charge is 2.24. The molecule has 0 spiro atoms. The first-order valence-corrected chi connectivity index (χ1v) is 8.48. The number of benzene rings is 1. The average Bonchev–Trinajstić information content (AvgIpc) is 2.35. The quantitative estimate of drug-likeness (QED) is 0.798. The van der Waals surface area contributed by atoms with Crippen LogP contribution < -0.4 is 4.72 Å². The Bertz CT molecular complexity index is 549. The molecule has 21 heavy (non-hydrogen) atoms. The topological polar surface area (TPSA) is 69.6 Å². The molecule has 0 fully saturated rings. The van der Waals surface area contributed by atoms with Crippen molar-refractivity contribution in [3.63, 3.8) is 0 Å². The van der Waals surface area contributed by atoms with Gasteiger partial charge in [-0.05, 0) is 44.6 Å². The zero-order chi connectivity index (χ0) is 16.3. The molecule has 6 heteroatoms. The molecule has 5 nitrogen and oxygen atoms in total. The van der Waals surface area contributed by atoms with Crippen molar-refractivity contribution in [3.8, 4) is 0 Å². The molecule has 1 atom stereocenters. The SMILES string of the molecule is CC(C)c1ccc(S(=O)(=O)NCC(C)(O)CN(C)C)cc1. The van der Waals surface area contributed by atoms with Gasteiger partial charge in [-0.3, -0.25) is 0 Å². The summed E-state index contributed by atoms with van der Waals surface area (Å²) in [6, 6.07) is 6.82. The summed E-state index contributed by atoms with van der Waals surface area (Å²) < 4.78 is 26.9. The molecule has 0 heterocycles. The predicted octanol–water partition coefficient (Wildman–Crippen LogP) is 1.40. The highest BCUT2D eigenvalue weighted by Crippen LogP contribution is 2.17. The smallest absolute Gasteiger partial charge is 0.240 e. The minimum absolute atomic E-state index is 0.0283. The van der Waals surface area contributed by atoms with Crippen molar-refractivity contribution < 1.29 is 13.5 Å². The van der Waals surface area contributed by atoms with Crippen LogP contribution >= 0.6 is 0 Å². The van der Waals surface area contributed by atoms with E-state index in [1.165, 1.54) is 0 Å². The van der Waals surface area contributed by atoms with Crippen LogP contribution in [0.2, 0.25) is 0 Å². The summed E-state index contributed by atoms with van der Waals surface area (Å²) in [5.74, 6) is 0.357. The molecular weight excluding hydrogens is 288 g/mol. The minimum atomic E-state index is -3.60. The van der Waals surface area contributed by atoms with Gasteiger partial charge in [-0.2, -0.15) is 0 Å². The zero-order valence-corrected chi connectivity index (χ0v) is 14.2. The molecule has 120 valence electrons. The average molecular weight is 314 g/mol. The number of nitrogens with one attached hydrogen (secondary N) is 1. The van der Waals surface area contributed by atoms with Gasteiger partial charge in [0, 0.05) is 13.1 Å². The van der Waals surface area contributed by atoms with Gasteiger partial charge in [-0.25, -0.2) is 13.1 Å². The van der Waals surface area contributed by atoms with Crippen molar-refractivity contribution in [1.29, 1.82) is 0 Å². The zero-order valence-electron chi connectivity index (χ0n) is 13.4. The van der Waals surface area contributed by atoms with Gasteiger partial charge in [0.15, 0.2) is 0 Å². The maximum absolute atomic E-state index is 12.2. The molecule has 0 bridgehead atoms. The van der Waals surface area contributed by atoms with Gasteiger partial charge in [-0.1, -0.05) is 26.0 Å². The molecule has 0 saturated heterocycles. The Hall–Kier alpha value is -0.950. The Labute approximate surface area is 128 Å². The third kappa shape index (κ3) is 5.74. The normalized spacial score (nSPS) is 15.4. The first kappa shape index (κ1) is 18.1. The van der Waals surface area contributed by atoms with Crippen LogP contribution in [0.1, 0.15) is 32.3 Å². The molecule has 2 N–H and O–H groups in total. The van der Waals surface area contributed by atoms with Crippen LogP contribution in [0.25, 0.3) is 0 Å². The molecule has 0 aliphatic heterocycles. The highest BCUT2D eigenvalue weighted by atomic mass is 32.2. The van der Waals surface area contributed by atoms with Crippen molar-refractivity contribution in [2.24, 2.45) is 0 Å². The molecule has 0 radical (unpaired) electrons. The third-order valence-corrected chi connectivity index (χ3v) is 4.57. The van der Waals surface area contributed by atoms with Crippen molar-refractivity contribution in [2.45, 2.75) is 37.2 Å². The van der Waals surface area contributed by atoms with Crippen molar-refractivity contribution in [1.82, 2.24) is 9.62 Å². The second-order valence-corrected chi connectivity index (χ2v) is 8.05. The van der Waals surface area contributed by atoms with E-state index in [1.807, 2.05) is 31.1 Å². The maximum Gasteiger partial charge on any atom is 0.240 e. The van der Waals surface area contributed by atoms with Crippen LogP contribution in [0.15, 0.2) is 29.2 Å². The monoisotopic (exact) mass is 314 g/mol. The Morgan fingerprint density at radius 2 is 1.76 bits per heavy atom. The molecule has 1 aromatic carbocycles. The first-order chi connectivity index (χ1) is 9.53. The second-order valence-electron chi connectivity index (χ2n) is 6.28. The van der Waals surface area contributed by atoms with E-state index in [1.54, 1.807) is 19.1 Å². The van der Waals surface area contributed by atoms with Crippen LogP contribution in [0.3, 0.4) is 0 Å². The first-order valence-electron chi connectivity index (χ1n) is 7.00. The fraction of sp³-hybridized carbons (Fsp3) is 0.600. The van der Waals surface area contributed by atoms with Gasteiger partial charge in [-0.15, -0.1) is 0 Å². The Kier molecular flexibility index (Phi) is 5.92. The van der Waals surface area contributed by atoms with E-state index in [9.17, 15) is 13.5 Å². The Morgan fingerprint density at radius 3 is 2.19 bits per heavy atom. The van der Waals surface area contributed by atoms with E-state index in [0.717, 1.165) is 5.56 Å². The lowest BCUT2D eigenvalue weighted by atomic mass is 10.0. The number of hydrogen-bond acceptors (Lipinski definition) is 4. The van der Waals surface area contributed by atoms with Gasteiger partial charge < -0.3 is 10.0 Å². The molecule has 0 amide bonds. The van der Waals surface area contributed by atoms with E-state index in [4.69, 9.17) is 0 Å². The van der Waals surface area contributed by atoms with Crippen LogP contribution in [-0.4, -0.2) is 51.2 Å². The lowest BCUT2D eigenvalue weighted by Crippen LogP contribution is -2.47. The van der Waals surface area contributed by atoms with Crippen LogP contribution in [0, 0.1) is 0 Å². The van der Waals surface area contributed by atoms with Crippen molar-refractivity contribution in [3.05, 3.63) is 29.8 Å². The summed E-state index contributed by atoms with van der Waals surface area (Å²) >= 11 is 0. The molecule has 0 aliphatic carbocycles. The lowest BCUT2D eigenvalue weighted by Gasteiger charge is -2.27. The molecule has 0 aromatic heterocycles. The predicted molar refractivity (Wildman–Crippen MR) is 84.9 cm³/mol. The second kappa shape index (κ2) is 6.87. The summed E-state index contributed by atoms with van der Waals surface area (Å²) in [6.45, 7) is 6.07. The van der Waals surface area contributed by atoms with E-state index < -0.39 is 15.6 Å². The van der Waals surface area contributed by atoms with Crippen molar-refractivity contribution >= 4 is 10.0 Å². The number of likely N-dealkylation sites (N-methyl/N-ethyl adjacent to an activating group) is 1. The number of nitrogens with zero attached hydrogens (tertiary/aromatic N) is 1. The lowest BCUT2D eigenvalue weighted by molar-refractivity contribution is 0.0386. The standard InChI is InChI=1S/C15H26N2O3S/c1-12(2)13-6-8-14(9-7-13)21(19,20)16-10-15(3,18)11-17(4)5/h6-9,12,16,18H,10-11H2,1-5H3. The number of aliphatic hydroxyl groups is 1. The fourth-order valence-electron chi connectivity index (χ4n) is 2.10. The number of hydrogen-bond donors (Lipinski definition) is 2. The van der Waals surface area contributed by atoms with Crippen LogP contribution in [0.4, 0.5) is 0 Å². The van der Waals surface area contributed by atoms with E-state index >= 15 is 0 Å². The molecule has 0 saturated carbocycles. The summed E-state index contributed by atoms with van der Waals surface area (Å²) in [6.07, 6.45) is 0. The molecule has 1 aromatic rings. The largest absolute Gasteiger partial charge is 0.387 e. The van der Waals surface area contributed by atoms with Gasteiger partial charge in [0.2, 0.25) is 10.0 Å². The van der Waals surface area contributed by atoms with Gasteiger partial charge in [0.05, 0.1) is 10.5 Å². The van der Waals surface area contributed by atoms with Crippen LogP contribution in [-0.2, 0) is 10.0 Å². The minimum Gasteiger partial charge on any atom is -0.387 e. The van der Waals surface area contributed by atoms with Crippen LogP contribution in [0.5, 0.6) is 0 Å². The summed E-state index contributed by atoms with van der Waals surface area (Å²) in [7, 11) is 0.0537. The Balaban J connectivity index is 2.78. The molecule has 1 rings (SSSR count). The fourth-order valence-corrected chi connectivity index (χ4v) is 3.26. The van der Waals surface area contributed by atoms with Crippen molar-refractivity contribution in [2.75, 3.05) is 27.2 Å². The Morgan fingerprint density at radius 1 is 1.24 bits per heavy atom. The summed E-state index contributed by atoms with van der Waals surface area (Å²) in [5, 5.41) is 10.1. The molecular formula is C15H26N2O3S. The van der Waals surface area contributed by atoms with Gasteiger partial charge in [0.25, 0.3) is 0 Å².